The third-order valence-corrected chi connectivity index (χ3v) is 7.08. The van der Waals surface area contributed by atoms with E-state index in [1.165, 1.54) is 4.90 Å². The summed E-state index contributed by atoms with van der Waals surface area (Å²) in [6.07, 6.45) is 1.16. The van der Waals surface area contributed by atoms with Crippen LogP contribution in [0.25, 0.3) is 22.4 Å². The minimum Gasteiger partial charge on any atom is -0.443 e. The maximum Gasteiger partial charge on any atom is 0.416 e. The van der Waals surface area contributed by atoms with Crippen molar-refractivity contribution in [3.8, 4) is 12.0 Å². The van der Waals surface area contributed by atoms with Crippen molar-refractivity contribution < 1.29 is 14.3 Å². The zero-order valence-corrected chi connectivity index (χ0v) is 24.0. The van der Waals surface area contributed by atoms with Crippen LogP contribution in [0.3, 0.4) is 0 Å². The van der Waals surface area contributed by atoms with Crippen LogP contribution in [-0.4, -0.2) is 36.8 Å². The Morgan fingerprint density at radius 3 is 2.52 bits per heavy atom. The van der Waals surface area contributed by atoms with Crippen LogP contribution in [0, 0.1) is 24.2 Å². The molecule has 0 aliphatic heterocycles. The molecule has 42 heavy (non-hydrogen) atoms. The van der Waals surface area contributed by atoms with Crippen LogP contribution >= 0.6 is 0 Å². The van der Waals surface area contributed by atoms with Crippen molar-refractivity contribution >= 4 is 40.1 Å². The molecule has 1 saturated carbocycles. The van der Waals surface area contributed by atoms with Crippen LogP contribution in [-0.2, 0) is 16.1 Å². The highest BCUT2D eigenvalue weighted by atomic mass is 16.6. The number of benzene rings is 2. The summed E-state index contributed by atoms with van der Waals surface area (Å²) in [5, 5.41) is 18.3. The number of nitriles is 1. The average Bonchev–Trinajstić information content (AvgIpc) is 3.65. The second-order valence-electron chi connectivity index (χ2n) is 11.5. The lowest BCUT2D eigenvalue weighted by atomic mass is 10.1. The lowest BCUT2D eigenvalue weighted by Gasteiger charge is -2.27. The molecular formula is C32H31N7O3. The Hall–Kier alpha value is -5.17. The molecule has 2 amide bonds. The van der Waals surface area contributed by atoms with E-state index in [0.717, 1.165) is 35.0 Å². The van der Waals surface area contributed by atoms with Crippen molar-refractivity contribution in [3.63, 3.8) is 0 Å². The second kappa shape index (κ2) is 10.3. The fraction of sp³-hybridized carbons (Fsp3) is 0.281. The quantitative estimate of drug-likeness (QED) is 0.266. The Kier molecular flexibility index (Phi) is 6.65. The van der Waals surface area contributed by atoms with E-state index in [4.69, 9.17) is 14.8 Å². The summed E-state index contributed by atoms with van der Waals surface area (Å²) in [6.45, 7) is 7.56. The Balaban J connectivity index is 1.58. The van der Waals surface area contributed by atoms with Crippen molar-refractivity contribution in [1.82, 2.24) is 19.2 Å². The molecule has 0 bridgehead atoms. The zero-order chi connectivity index (χ0) is 29.6. The fourth-order valence-electron chi connectivity index (χ4n) is 4.97. The van der Waals surface area contributed by atoms with Gasteiger partial charge in [0.1, 0.15) is 16.9 Å². The molecule has 0 atom stereocenters. The molecule has 0 unspecified atom stereocenters. The normalized spacial score (nSPS) is 13.2. The number of nitrogens with one attached hydrogen (secondary N) is 1. The van der Waals surface area contributed by atoms with Crippen LogP contribution < -0.4 is 10.2 Å². The lowest BCUT2D eigenvalue weighted by molar-refractivity contribution is -0.117. The number of ether oxygens (including phenoxy) is 1. The number of carbonyl (C=O) groups excluding carboxylic acids is 2. The molecule has 3 aromatic heterocycles. The van der Waals surface area contributed by atoms with E-state index in [9.17, 15) is 14.9 Å². The molecule has 2 aromatic carbocycles. The number of rotatable bonds is 6. The van der Waals surface area contributed by atoms with Crippen LogP contribution in [0.2, 0.25) is 0 Å². The molecule has 1 aliphatic carbocycles. The van der Waals surface area contributed by atoms with E-state index < -0.39 is 11.7 Å². The van der Waals surface area contributed by atoms with E-state index in [0.29, 0.717) is 22.7 Å². The van der Waals surface area contributed by atoms with Gasteiger partial charge < -0.3 is 10.1 Å². The summed E-state index contributed by atoms with van der Waals surface area (Å²) in [7, 11) is 0. The van der Waals surface area contributed by atoms with Crippen molar-refractivity contribution in [3.05, 3.63) is 83.6 Å². The highest BCUT2D eigenvalue weighted by Crippen LogP contribution is 2.33. The van der Waals surface area contributed by atoms with Gasteiger partial charge in [-0.1, -0.05) is 36.4 Å². The predicted molar refractivity (Wildman–Crippen MR) is 159 cm³/mol. The third kappa shape index (κ3) is 5.17. The molecule has 10 nitrogen and oxygen atoms in total. The van der Waals surface area contributed by atoms with E-state index in [1.807, 2.05) is 80.8 Å². The minimum atomic E-state index is -0.746. The monoisotopic (exact) mass is 561 g/mol. The molecule has 0 saturated heterocycles. The second-order valence-corrected chi connectivity index (χ2v) is 11.5. The SMILES string of the molecule is Cc1cc2c(C#N)cccc2n1-c1nc(N(Cc2ccccc2)C(=O)OC(C)(C)C)c2ccc(NC(=O)C3CC3)n2n1. The first-order valence-corrected chi connectivity index (χ1v) is 13.9. The summed E-state index contributed by atoms with van der Waals surface area (Å²) in [4.78, 5) is 33.0. The number of hydrogen-bond donors (Lipinski definition) is 1. The minimum absolute atomic E-state index is 0.00675. The van der Waals surface area contributed by atoms with Crippen LogP contribution in [0.4, 0.5) is 16.4 Å². The van der Waals surface area contributed by atoms with Gasteiger partial charge in [-0.15, -0.1) is 5.10 Å². The van der Waals surface area contributed by atoms with Crippen molar-refractivity contribution in [2.45, 2.75) is 52.7 Å². The molecule has 1 N–H and O–H groups in total. The fourth-order valence-corrected chi connectivity index (χ4v) is 4.97. The number of carbonyl (C=O) groups is 2. The molecule has 0 spiro atoms. The summed E-state index contributed by atoms with van der Waals surface area (Å²) in [5.74, 6) is 1.00. The number of nitrogens with zero attached hydrogens (tertiary/aromatic N) is 6. The maximum atomic E-state index is 13.8. The van der Waals surface area contributed by atoms with Crippen LogP contribution in [0.1, 0.15) is 50.4 Å². The number of fused-ring (bicyclic) bond motifs is 2. The smallest absolute Gasteiger partial charge is 0.416 e. The first-order valence-electron chi connectivity index (χ1n) is 13.9. The molecule has 3 heterocycles. The maximum absolute atomic E-state index is 13.8. The van der Waals surface area contributed by atoms with Gasteiger partial charge in [0.05, 0.1) is 23.7 Å². The van der Waals surface area contributed by atoms with Crippen LogP contribution in [0.5, 0.6) is 0 Å². The number of aryl methyl sites for hydroxylation is 1. The molecule has 1 aliphatic rings. The topological polar surface area (TPSA) is 118 Å². The van der Waals surface area contributed by atoms with Gasteiger partial charge in [0.15, 0.2) is 5.82 Å². The van der Waals surface area contributed by atoms with Gasteiger partial charge in [-0.2, -0.15) is 10.2 Å². The van der Waals surface area contributed by atoms with Crippen molar-refractivity contribution in [2.75, 3.05) is 10.2 Å². The average molecular weight is 562 g/mol. The van der Waals surface area contributed by atoms with Gasteiger partial charge >= 0.3 is 6.09 Å². The highest BCUT2D eigenvalue weighted by molar-refractivity contribution is 5.96. The summed E-state index contributed by atoms with van der Waals surface area (Å²) in [5.41, 5.74) is 2.76. The molecule has 212 valence electrons. The van der Waals surface area contributed by atoms with Gasteiger partial charge in [0, 0.05) is 17.0 Å². The summed E-state index contributed by atoms with van der Waals surface area (Å²) >= 11 is 0. The number of amides is 2. The Bertz CT molecular complexity index is 1870. The third-order valence-electron chi connectivity index (χ3n) is 7.08. The standard InChI is InChI=1S/C32H31N7O3/c1-20-17-24-23(18-33)11-8-12-25(24)38(20)30-35-28(26-15-16-27(39(26)36-30)34-29(40)22-13-14-22)37(31(41)42-32(2,3)4)19-21-9-6-5-7-10-21/h5-12,15-17,22H,13-14,19H2,1-4H3,(H,34,40). The molecule has 0 radical (unpaired) electrons. The highest BCUT2D eigenvalue weighted by Gasteiger charge is 2.32. The van der Waals surface area contributed by atoms with Crippen LogP contribution in [0.15, 0.2) is 66.7 Å². The molecule has 5 aromatic rings. The Morgan fingerprint density at radius 2 is 1.83 bits per heavy atom. The van der Waals surface area contributed by atoms with Gasteiger partial charge in [-0.05, 0) is 76.4 Å². The first-order chi connectivity index (χ1) is 20.1. The largest absolute Gasteiger partial charge is 0.443 e. The van der Waals surface area contributed by atoms with Gasteiger partial charge in [0.25, 0.3) is 5.95 Å². The number of anilines is 2. The molecule has 1 fully saturated rings. The number of aromatic nitrogens is 4. The first kappa shape index (κ1) is 27.0. The number of hydrogen-bond acceptors (Lipinski definition) is 6. The van der Waals surface area contributed by atoms with E-state index >= 15 is 0 Å². The Labute approximate surface area is 243 Å². The Morgan fingerprint density at radius 1 is 1.07 bits per heavy atom. The van der Waals surface area contributed by atoms with Gasteiger partial charge in [-0.3, -0.25) is 14.3 Å². The van der Waals surface area contributed by atoms with Gasteiger partial charge in [-0.25, -0.2) is 9.31 Å². The van der Waals surface area contributed by atoms with Gasteiger partial charge in [0.2, 0.25) is 5.91 Å². The zero-order valence-electron chi connectivity index (χ0n) is 24.0. The van der Waals surface area contributed by atoms with Crippen molar-refractivity contribution in [2.24, 2.45) is 5.92 Å². The van der Waals surface area contributed by atoms with E-state index in [1.54, 1.807) is 22.7 Å². The summed E-state index contributed by atoms with van der Waals surface area (Å²) in [6, 6.07) is 22.8. The molecule has 10 heteroatoms. The summed E-state index contributed by atoms with van der Waals surface area (Å²) < 4.78 is 9.31. The van der Waals surface area contributed by atoms with E-state index in [2.05, 4.69) is 11.4 Å². The predicted octanol–water partition coefficient (Wildman–Crippen LogP) is 6.14. The van der Waals surface area contributed by atoms with Crippen molar-refractivity contribution in [1.29, 1.82) is 5.26 Å². The lowest BCUT2D eigenvalue weighted by Crippen LogP contribution is -2.37. The molecule has 6 rings (SSSR count). The van der Waals surface area contributed by atoms with E-state index in [-0.39, 0.29) is 24.3 Å². The molecular weight excluding hydrogens is 530 g/mol.